The van der Waals surface area contributed by atoms with Gasteiger partial charge in [0, 0.05) is 17.7 Å². The summed E-state index contributed by atoms with van der Waals surface area (Å²) in [4.78, 5) is 2.36. The lowest BCUT2D eigenvalue weighted by molar-refractivity contribution is 0.284. The zero-order valence-electron chi connectivity index (χ0n) is 12.2. The Balaban J connectivity index is 2.02. The molecule has 0 amide bonds. The maximum absolute atomic E-state index is 10.2. The van der Waals surface area contributed by atoms with Crippen molar-refractivity contribution in [3.8, 4) is 11.8 Å². The van der Waals surface area contributed by atoms with Gasteiger partial charge in [-0.3, -0.25) is 4.57 Å². The first-order valence-electron chi connectivity index (χ1n) is 7.53. The summed E-state index contributed by atoms with van der Waals surface area (Å²) in [7, 11) is 0. The van der Waals surface area contributed by atoms with E-state index in [4.69, 9.17) is 0 Å². The summed E-state index contributed by atoms with van der Waals surface area (Å²) in [6.07, 6.45) is 4.98. The Hall–Kier alpha value is -1.16. The highest BCUT2D eigenvalue weighted by molar-refractivity contribution is 5.46. The lowest BCUT2D eigenvalue weighted by Crippen LogP contribution is -2.24. The van der Waals surface area contributed by atoms with E-state index in [1.54, 1.807) is 4.57 Å². The van der Waals surface area contributed by atoms with Gasteiger partial charge in [0.15, 0.2) is 11.8 Å². The molecule has 0 atom stereocenters. The van der Waals surface area contributed by atoms with E-state index in [0.29, 0.717) is 18.3 Å². The summed E-state index contributed by atoms with van der Waals surface area (Å²) in [6.45, 7) is 8.13. The number of fused-ring (bicyclic) bond motifs is 1. The molecule has 0 aromatic carbocycles. The van der Waals surface area contributed by atoms with Gasteiger partial charge < -0.3 is 15.1 Å². The molecule has 0 radical (unpaired) electrons. The number of aromatic nitrogens is 1. The highest BCUT2D eigenvalue weighted by Crippen LogP contribution is 2.38. The van der Waals surface area contributed by atoms with Crippen molar-refractivity contribution in [2.45, 2.75) is 52.5 Å². The molecule has 19 heavy (non-hydrogen) atoms. The Kier molecular flexibility index (Phi) is 4.75. The summed E-state index contributed by atoms with van der Waals surface area (Å²) < 4.78 is 1.69. The molecular formula is C15H26N2O2. The van der Waals surface area contributed by atoms with Gasteiger partial charge in [0.1, 0.15) is 0 Å². The van der Waals surface area contributed by atoms with E-state index in [2.05, 4.69) is 18.7 Å². The van der Waals surface area contributed by atoms with Gasteiger partial charge in [0.05, 0.1) is 0 Å². The molecule has 0 saturated heterocycles. The molecule has 0 saturated carbocycles. The Morgan fingerprint density at radius 1 is 1.00 bits per heavy atom. The van der Waals surface area contributed by atoms with Crippen LogP contribution in [0.4, 0.5) is 0 Å². The molecule has 2 rings (SSSR count). The number of nitrogens with zero attached hydrogens (tertiary/aromatic N) is 2. The average molecular weight is 266 g/mol. The molecule has 108 valence electrons. The van der Waals surface area contributed by atoms with Crippen LogP contribution in [0.5, 0.6) is 11.8 Å². The highest BCUT2D eigenvalue weighted by Gasteiger charge is 2.23. The Labute approximate surface area is 115 Å². The summed E-state index contributed by atoms with van der Waals surface area (Å²) in [5, 5.41) is 20.4. The Bertz CT molecular complexity index is 393. The van der Waals surface area contributed by atoms with Crippen molar-refractivity contribution in [2.75, 3.05) is 19.6 Å². The molecule has 0 unspecified atom stereocenters. The third kappa shape index (κ3) is 2.89. The van der Waals surface area contributed by atoms with Crippen molar-refractivity contribution in [1.82, 2.24) is 9.47 Å². The van der Waals surface area contributed by atoms with Crippen LogP contribution in [0.1, 0.15) is 44.2 Å². The van der Waals surface area contributed by atoms with Gasteiger partial charge in [0.2, 0.25) is 0 Å². The monoisotopic (exact) mass is 266 g/mol. The fraction of sp³-hybridized carbons (Fsp3) is 0.733. The normalized spacial score (nSPS) is 14.9. The molecule has 1 aliphatic rings. The molecule has 4 heteroatoms. The molecular weight excluding hydrogens is 240 g/mol. The zero-order valence-corrected chi connectivity index (χ0v) is 12.2. The van der Waals surface area contributed by atoms with Crippen molar-refractivity contribution in [3.05, 3.63) is 11.1 Å². The van der Waals surface area contributed by atoms with Crippen LogP contribution in [0.25, 0.3) is 0 Å². The van der Waals surface area contributed by atoms with Crippen LogP contribution in [0.3, 0.4) is 0 Å². The lowest BCUT2D eigenvalue weighted by atomic mass is 9.95. The van der Waals surface area contributed by atoms with Gasteiger partial charge in [-0.2, -0.15) is 0 Å². The molecule has 0 fully saturated rings. The van der Waals surface area contributed by atoms with E-state index in [9.17, 15) is 10.2 Å². The van der Waals surface area contributed by atoms with Crippen molar-refractivity contribution in [2.24, 2.45) is 0 Å². The Morgan fingerprint density at radius 2 is 1.53 bits per heavy atom. The topological polar surface area (TPSA) is 48.6 Å². The third-order valence-electron chi connectivity index (χ3n) is 4.27. The van der Waals surface area contributed by atoms with Gasteiger partial charge in [-0.05, 0) is 51.7 Å². The van der Waals surface area contributed by atoms with E-state index in [0.717, 1.165) is 62.9 Å². The lowest BCUT2D eigenvalue weighted by Gasteiger charge is -2.18. The SMILES string of the molecule is CCN(CC)CCCn1c(O)c2c(c1O)CCCC2. The first kappa shape index (κ1) is 14.3. The molecule has 0 spiro atoms. The highest BCUT2D eigenvalue weighted by atomic mass is 16.3. The van der Waals surface area contributed by atoms with Crippen molar-refractivity contribution in [3.63, 3.8) is 0 Å². The first-order valence-corrected chi connectivity index (χ1v) is 7.53. The maximum atomic E-state index is 10.2. The van der Waals surface area contributed by atoms with Crippen molar-refractivity contribution >= 4 is 0 Å². The molecule has 1 aromatic rings. The van der Waals surface area contributed by atoms with Crippen LogP contribution in [0.15, 0.2) is 0 Å². The third-order valence-corrected chi connectivity index (χ3v) is 4.27. The molecule has 0 bridgehead atoms. The zero-order chi connectivity index (χ0) is 13.8. The number of aromatic hydroxyl groups is 2. The van der Waals surface area contributed by atoms with Gasteiger partial charge in [-0.25, -0.2) is 0 Å². The van der Waals surface area contributed by atoms with Gasteiger partial charge in [-0.1, -0.05) is 13.8 Å². The van der Waals surface area contributed by atoms with Gasteiger partial charge in [-0.15, -0.1) is 0 Å². The van der Waals surface area contributed by atoms with E-state index in [-0.39, 0.29) is 0 Å². The van der Waals surface area contributed by atoms with Crippen LogP contribution in [-0.4, -0.2) is 39.3 Å². The minimum absolute atomic E-state index is 0.298. The molecule has 1 heterocycles. The molecule has 1 aliphatic carbocycles. The minimum Gasteiger partial charge on any atom is -0.494 e. The second-order valence-electron chi connectivity index (χ2n) is 5.34. The maximum Gasteiger partial charge on any atom is 0.197 e. The van der Waals surface area contributed by atoms with E-state index in [1.165, 1.54) is 0 Å². The largest absolute Gasteiger partial charge is 0.494 e. The van der Waals surface area contributed by atoms with Crippen LogP contribution in [-0.2, 0) is 19.4 Å². The van der Waals surface area contributed by atoms with Crippen LogP contribution in [0.2, 0.25) is 0 Å². The molecule has 4 nitrogen and oxygen atoms in total. The predicted molar refractivity (Wildman–Crippen MR) is 76.8 cm³/mol. The Morgan fingerprint density at radius 3 is 2.00 bits per heavy atom. The average Bonchev–Trinajstić information content (AvgIpc) is 2.69. The van der Waals surface area contributed by atoms with Crippen molar-refractivity contribution < 1.29 is 10.2 Å². The van der Waals surface area contributed by atoms with Crippen LogP contribution >= 0.6 is 0 Å². The second-order valence-corrected chi connectivity index (χ2v) is 5.34. The first-order chi connectivity index (χ1) is 9.19. The predicted octanol–water partition coefficient (Wildman–Crippen LogP) is 2.51. The summed E-state index contributed by atoms with van der Waals surface area (Å²) in [6, 6.07) is 0. The number of hydrogen-bond donors (Lipinski definition) is 2. The van der Waals surface area contributed by atoms with Crippen molar-refractivity contribution in [1.29, 1.82) is 0 Å². The number of hydrogen-bond acceptors (Lipinski definition) is 3. The van der Waals surface area contributed by atoms with Crippen LogP contribution in [0, 0.1) is 0 Å². The number of rotatable bonds is 6. The summed E-state index contributed by atoms with van der Waals surface area (Å²) >= 11 is 0. The van der Waals surface area contributed by atoms with E-state index < -0.39 is 0 Å². The van der Waals surface area contributed by atoms with Gasteiger partial charge >= 0.3 is 0 Å². The fourth-order valence-electron chi connectivity index (χ4n) is 3.03. The molecule has 1 aromatic heterocycles. The molecule has 0 aliphatic heterocycles. The van der Waals surface area contributed by atoms with E-state index in [1.807, 2.05) is 0 Å². The minimum atomic E-state index is 0.298. The standard InChI is InChI=1S/C15H26N2O2/c1-3-16(4-2)10-7-11-17-14(18)12-8-5-6-9-13(12)15(17)19/h18-19H,3-11H2,1-2H3. The fourth-order valence-corrected chi connectivity index (χ4v) is 3.03. The summed E-state index contributed by atoms with van der Waals surface area (Å²) in [5.41, 5.74) is 1.96. The van der Waals surface area contributed by atoms with E-state index >= 15 is 0 Å². The van der Waals surface area contributed by atoms with Gasteiger partial charge in [0.25, 0.3) is 0 Å². The summed E-state index contributed by atoms with van der Waals surface area (Å²) in [5.74, 6) is 0.596. The quantitative estimate of drug-likeness (QED) is 0.831. The molecule has 2 N–H and O–H groups in total. The second kappa shape index (κ2) is 6.33. The van der Waals surface area contributed by atoms with Crippen LogP contribution < -0.4 is 0 Å². The smallest absolute Gasteiger partial charge is 0.197 e.